The molecule has 1 aromatic heterocycles. The molecule has 0 amide bonds. The van der Waals surface area contributed by atoms with Crippen molar-refractivity contribution in [3.63, 3.8) is 0 Å². The Labute approximate surface area is 86.6 Å². The Kier molecular flexibility index (Phi) is 2.34. The van der Waals surface area contributed by atoms with Crippen molar-refractivity contribution in [2.24, 2.45) is 0 Å². The van der Waals surface area contributed by atoms with E-state index in [4.69, 9.17) is 0 Å². The molecule has 2 rings (SSSR count). The van der Waals surface area contributed by atoms with Crippen LogP contribution in [0.15, 0.2) is 18.3 Å². The summed E-state index contributed by atoms with van der Waals surface area (Å²) in [6.45, 7) is 6.79. The summed E-state index contributed by atoms with van der Waals surface area (Å²) in [4.78, 5) is 4.55. The van der Waals surface area contributed by atoms with Gasteiger partial charge in [0.05, 0.1) is 0 Å². The molecule has 1 aliphatic rings. The first-order chi connectivity index (χ1) is 6.63. The molecular formula is C13H19N. The van der Waals surface area contributed by atoms with Crippen LogP contribution in [-0.4, -0.2) is 4.98 Å². The standard InChI is InChI=1S/C13H19N/c1-4-13(2,3)11-7-8-12(14-9-11)10-5-6-10/h7-10H,4-6H2,1-3H3. The van der Waals surface area contributed by atoms with Crippen molar-refractivity contribution in [1.29, 1.82) is 0 Å². The van der Waals surface area contributed by atoms with Gasteiger partial charge in [-0.25, -0.2) is 0 Å². The maximum absolute atomic E-state index is 4.55. The van der Waals surface area contributed by atoms with Crippen LogP contribution in [0, 0.1) is 0 Å². The molecule has 1 heterocycles. The van der Waals surface area contributed by atoms with Crippen LogP contribution in [0.1, 0.15) is 57.2 Å². The molecule has 0 N–H and O–H groups in total. The van der Waals surface area contributed by atoms with Crippen LogP contribution in [0.4, 0.5) is 0 Å². The fraction of sp³-hybridized carbons (Fsp3) is 0.615. The van der Waals surface area contributed by atoms with Gasteiger partial charge in [-0.3, -0.25) is 4.98 Å². The third-order valence-corrected chi connectivity index (χ3v) is 3.45. The van der Waals surface area contributed by atoms with E-state index in [0.29, 0.717) is 0 Å². The highest BCUT2D eigenvalue weighted by Gasteiger charge is 2.25. The first-order valence-corrected chi connectivity index (χ1v) is 5.60. The first kappa shape index (κ1) is 9.70. The Morgan fingerprint density at radius 2 is 2.07 bits per heavy atom. The van der Waals surface area contributed by atoms with Gasteiger partial charge in [0, 0.05) is 17.8 Å². The Morgan fingerprint density at radius 1 is 1.36 bits per heavy atom. The molecule has 1 heteroatoms. The second-order valence-corrected chi connectivity index (χ2v) is 4.98. The maximum atomic E-state index is 4.55. The molecule has 0 unspecified atom stereocenters. The van der Waals surface area contributed by atoms with Crippen LogP contribution in [0.25, 0.3) is 0 Å². The van der Waals surface area contributed by atoms with E-state index in [1.54, 1.807) is 0 Å². The van der Waals surface area contributed by atoms with Gasteiger partial charge in [-0.2, -0.15) is 0 Å². The fourth-order valence-corrected chi connectivity index (χ4v) is 1.63. The second-order valence-electron chi connectivity index (χ2n) is 4.98. The summed E-state index contributed by atoms with van der Waals surface area (Å²) in [5.41, 5.74) is 2.93. The molecule has 0 aromatic carbocycles. The van der Waals surface area contributed by atoms with Gasteiger partial charge in [-0.15, -0.1) is 0 Å². The predicted octanol–water partition coefficient (Wildman–Crippen LogP) is 3.65. The molecule has 1 saturated carbocycles. The monoisotopic (exact) mass is 189 g/mol. The molecule has 76 valence electrons. The molecule has 1 nitrogen and oxygen atoms in total. The van der Waals surface area contributed by atoms with Gasteiger partial charge in [-0.1, -0.05) is 26.8 Å². The van der Waals surface area contributed by atoms with Crippen LogP contribution in [0.2, 0.25) is 0 Å². The quantitative estimate of drug-likeness (QED) is 0.707. The lowest BCUT2D eigenvalue weighted by Gasteiger charge is -2.22. The van der Waals surface area contributed by atoms with E-state index in [1.165, 1.54) is 24.1 Å². The molecule has 1 aliphatic carbocycles. The van der Waals surface area contributed by atoms with Crippen molar-refractivity contribution >= 4 is 0 Å². The predicted molar refractivity (Wildman–Crippen MR) is 59.5 cm³/mol. The van der Waals surface area contributed by atoms with Crippen LogP contribution in [0.3, 0.4) is 0 Å². The molecule has 1 fully saturated rings. The normalized spacial score (nSPS) is 17.1. The summed E-state index contributed by atoms with van der Waals surface area (Å²) in [6.07, 6.45) is 5.90. The molecule has 14 heavy (non-hydrogen) atoms. The van der Waals surface area contributed by atoms with Crippen LogP contribution >= 0.6 is 0 Å². The number of pyridine rings is 1. The first-order valence-electron chi connectivity index (χ1n) is 5.60. The maximum Gasteiger partial charge on any atom is 0.0434 e. The Morgan fingerprint density at radius 3 is 2.50 bits per heavy atom. The number of nitrogens with zero attached hydrogens (tertiary/aromatic N) is 1. The minimum Gasteiger partial charge on any atom is -0.261 e. The zero-order chi connectivity index (χ0) is 10.2. The highest BCUT2D eigenvalue weighted by Crippen LogP contribution is 2.39. The fourth-order valence-electron chi connectivity index (χ4n) is 1.63. The average molecular weight is 189 g/mol. The van der Waals surface area contributed by atoms with Gasteiger partial charge in [0.15, 0.2) is 0 Å². The van der Waals surface area contributed by atoms with E-state index in [9.17, 15) is 0 Å². The summed E-state index contributed by atoms with van der Waals surface area (Å²) >= 11 is 0. The lowest BCUT2D eigenvalue weighted by atomic mass is 9.83. The third kappa shape index (κ3) is 1.82. The van der Waals surface area contributed by atoms with Crippen molar-refractivity contribution in [3.8, 4) is 0 Å². The van der Waals surface area contributed by atoms with Gasteiger partial charge in [0.2, 0.25) is 0 Å². The molecule has 1 aromatic rings. The summed E-state index contributed by atoms with van der Waals surface area (Å²) in [7, 11) is 0. The summed E-state index contributed by atoms with van der Waals surface area (Å²) < 4.78 is 0. The van der Waals surface area contributed by atoms with Crippen molar-refractivity contribution in [2.75, 3.05) is 0 Å². The zero-order valence-corrected chi connectivity index (χ0v) is 9.38. The number of aromatic nitrogens is 1. The summed E-state index contributed by atoms with van der Waals surface area (Å²) in [6, 6.07) is 4.47. The van der Waals surface area contributed by atoms with Gasteiger partial charge in [0.1, 0.15) is 0 Å². The highest BCUT2D eigenvalue weighted by molar-refractivity contribution is 5.24. The smallest absolute Gasteiger partial charge is 0.0434 e. The zero-order valence-electron chi connectivity index (χ0n) is 9.38. The van der Waals surface area contributed by atoms with E-state index >= 15 is 0 Å². The molecule has 0 saturated heterocycles. The summed E-state index contributed by atoms with van der Waals surface area (Å²) in [5, 5.41) is 0. The van der Waals surface area contributed by atoms with E-state index in [-0.39, 0.29) is 5.41 Å². The SMILES string of the molecule is CCC(C)(C)c1ccc(C2CC2)nc1. The lowest BCUT2D eigenvalue weighted by molar-refractivity contribution is 0.504. The third-order valence-electron chi connectivity index (χ3n) is 3.45. The van der Waals surface area contributed by atoms with Crippen molar-refractivity contribution in [2.45, 2.75) is 51.4 Å². The van der Waals surface area contributed by atoms with Gasteiger partial charge < -0.3 is 0 Å². The van der Waals surface area contributed by atoms with E-state index in [0.717, 1.165) is 12.3 Å². The molecule has 0 aliphatic heterocycles. The van der Waals surface area contributed by atoms with E-state index in [1.807, 2.05) is 0 Å². The van der Waals surface area contributed by atoms with Crippen molar-refractivity contribution < 1.29 is 0 Å². The Bertz CT molecular complexity index is 307. The number of hydrogen-bond donors (Lipinski definition) is 0. The van der Waals surface area contributed by atoms with E-state index < -0.39 is 0 Å². The van der Waals surface area contributed by atoms with Crippen LogP contribution in [-0.2, 0) is 5.41 Å². The average Bonchev–Trinajstić information content (AvgIpc) is 3.01. The minimum absolute atomic E-state index is 0.273. The Hall–Kier alpha value is -0.850. The molecular weight excluding hydrogens is 170 g/mol. The van der Waals surface area contributed by atoms with Gasteiger partial charge in [-0.05, 0) is 36.3 Å². The van der Waals surface area contributed by atoms with Crippen molar-refractivity contribution in [1.82, 2.24) is 4.98 Å². The van der Waals surface area contributed by atoms with Gasteiger partial charge in [0.25, 0.3) is 0 Å². The second kappa shape index (κ2) is 3.38. The Balaban J connectivity index is 2.20. The minimum atomic E-state index is 0.273. The highest BCUT2D eigenvalue weighted by atomic mass is 14.7. The topological polar surface area (TPSA) is 12.9 Å². The van der Waals surface area contributed by atoms with Crippen LogP contribution in [0.5, 0.6) is 0 Å². The van der Waals surface area contributed by atoms with Gasteiger partial charge >= 0.3 is 0 Å². The van der Waals surface area contributed by atoms with Crippen molar-refractivity contribution in [3.05, 3.63) is 29.6 Å². The summed E-state index contributed by atoms with van der Waals surface area (Å²) in [5.74, 6) is 0.772. The molecule has 0 spiro atoms. The van der Waals surface area contributed by atoms with E-state index in [2.05, 4.69) is 44.1 Å². The van der Waals surface area contributed by atoms with Crippen LogP contribution < -0.4 is 0 Å². The number of rotatable bonds is 3. The molecule has 0 bridgehead atoms. The molecule has 0 radical (unpaired) electrons. The number of hydrogen-bond acceptors (Lipinski definition) is 1. The molecule has 0 atom stereocenters. The largest absolute Gasteiger partial charge is 0.261 e. The lowest BCUT2D eigenvalue weighted by Crippen LogP contribution is -2.15.